The fraction of sp³-hybridized carbons (Fsp3) is 0.857. The van der Waals surface area contributed by atoms with Gasteiger partial charge in [-0.3, -0.25) is 0 Å². The van der Waals surface area contributed by atoms with E-state index in [1.165, 1.54) is 25.7 Å². The van der Waals surface area contributed by atoms with E-state index in [-0.39, 0.29) is 6.10 Å². The van der Waals surface area contributed by atoms with Gasteiger partial charge in [-0.1, -0.05) is 32.4 Å². The summed E-state index contributed by atoms with van der Waals surface area (Å²) in [4.78, 5) is 0. The maximum absolute atomic E-state index is 9.26. The van der Waals surface area contributed by atoms with Crippen LogP contribution in [0.1, 0.15) is 46.5 Å². The number of allylic oxidation sites excluding steroid dienone is 2. The number of aliphatic hydroxyl groups excluding tert-OH is 1. The van der Waals surface area contributed by atoms with Gasteiger partial charge >= 0.3 is 0 Å². The Hall–Kier alpha value is -0.340. The molecule has 1 aliphatic heterocycles. The lowest BCUT2D eigenvalue weighted by Crippen LogP contribution is -2.20. The third-order valence-corrected chi connectivity index (χ3v) is 3.98. The summed E-state index contributed by atoms with van der Waals surface area (Å²) in [6, 6.07) is 0. The molecule has 0 radical (unpaired) electrons. The van der Waals surface area contributed by atoms with E-state index in [1.54, 1.807) is 5.57 Å². The summed E-state index contributed by atoms with van der Waals surface area (Å²) < 4.78 is 5.16. The fourth-order valence-corrected chi connectivity index (χ4v) is 2.86. The number of aliphatic hydroxyl groups is 1. The summed E-state index contributed by atoms with van der Waals surface area (Å²) in [5.74, 6) is 1.98. The zero-order valence-corrected chi connectivity index (χ0v) is 10.6. The predicted octanol–water partition coefficient (Wildman–Crippen LogP) is 3.11. The van der Waals surface area contributed by atoms with Crippen molar-refractivity contribution >= 4 is 0 Å². The molecule has 92 valence electrons. The first-order valence-corrected chi connectivity index (χ1v) is 6.59. The third-order valence-electron chi connectivity index (χ3n) is 3.98. The van der Waals surface area contributed by atoms with Gasteiger partial charge in [-0.25, -0.2) is 0 Å². The van der Waals surface area contributed by atoms with Crippen molar-refractivity contribution in [1.82, 2.24) is 0 Å². The van der Waals surface area contributed by atoms with Gasteiger partial charge in [0.2, 0.25) is 0 Å². The van der Waals surface area contributed by atoms with Crippen LogP contribution in [0.15, 0.2) is 11.6 Å². The molecule has 2 aliphatic rings. The summed E-state index contributed by atoms with van der Waals surface area (Å²) in [5.41, 5.74) is 1.63. The molecule has 0 bridgehead atoms. The van der Waals surface area contributed by atoms with Crippen LogP contribution < -0.4 is 0 Å². The fourth-order valence-electron chi connectivity index (χ4n) is 2.86. The minimum atomic E-state index is -0.476. The van der Waals surface area contributed by atoms with Gasteiger partial charge in [0.1, 0.15) is 6.10 Å². The van der Waals surface area contributed by atoms with E-state index in [0.717, 1.165) is 5.92 Å². The van der Waals surface area contributed by atoms with Gasteiger partial charge in [0.05, 0.1) is 0 Å². The van der Waals surface area contributed by atoms with E-state index < -0.39 is 6.29 Å². The Kier molecular flexibility index (Phi) is 3.70. The highest BCUT2D eigenvalue weighted by molar-refractivity contribution is 5.08. The summed E-state index contributed by atoms with van der Waals surface area (Å²) in [5, 5.41) is 9.26. The Bertz CT molecular complexity index is 270. The zero-order chi connectivity index (χ0) is 11.7. The number of rotatable bonds is 4. The normalized spacial score (nSPS) is 36.1. The topological polar surface area (TPSA) is 32.8 Å². The van der Waals surface area contributed by atoms with Crippen molar-refractivity contribution in [3.05, 3.63) is 11.6 Å². The van der Waals surface area contributed by atoms with E-state index in [2.05, 4.69) is 26.8 Å². The minimum Gasteiger partial charge on any atom is -0.366 e. The molecule has 3 unspecified atom stereocenters. The summed E-state index contributed by atoms with van der Waals surface area (Å²) >= 11 is 0. The Morgan fingerprint density at radius 1 is 1.44 bits per heavy atom. The molecule has 16 heavy (non-hydrogen) atoms. The molecular weight excluding hydrogens is 200 g/mol. The van der Waals surface area contributed by atoms with Crippen molar-refractivity contribution in [1.29, 1.82) is 0 Å². The van der Waals surface area contributed by atoms with Gasteiger partial charge in [0.15, 0.2) is 6.29 Å². The van der Waals surface area contributed by atoms with Crippen molar-refractivity contribution in [2.75, 3.05) is 0 Å². The second-order valence-corrected chi connectivity index (χ2v) is 5.85. The molecule has 1 aliphatic carbocycles. The highest BCUT2D eigenvalue weighted by atomic mass is 16.7. The van der Waals surface area contributed by atoms with Crippen LogP contribution in [0.5, 0.6) is 0 Å². The number of hydrogen-bond donors (Lipinski definition) is 1. The molecule has 4 atom stereocenters. The van der Waals surface area contributed by atoms with Crippen LogP contribution in [0.2, 0.25) is 0 Å². The monoisotopic (exact) mass is 224 g/mol. The van der Waals surface area contributed by atoms with E-state index in [0.29, 0.717) is 11.8 Å². The van der Waals surface area contributed by atoms with Gasteiger partial charge in [0, 0.05) is 0 Å². The number of epoxide rings is 1. The molecule has 1 fully saturated rings. The van der Waals surface area contributed by atoms with Crippen molar-refractivity contribution in [3.8, 4) is 0 Å². The lowest BCUT2D eigenvalue weighted by atomic mass is 9.78. The zero-order valence-electron chi connectivity index (χ0n) is 10.6. The Morgan fingerprint density at radius 2 is 2.12 bits per heavy atom. The quantitative estimate of drug-likeness (QED) is 0.588. The first kappa shape index (κ1) is 12.1. The van der Waals surface area contributed by atoms with Gasteiger partial charge in [0.25, 0.3) is 0 Å². The predicted molar refractivity (Wildman–Crippen MR) is 64.9 cm³/mol. The Labute approximate surface area is 98.7 Å². The SMILES string of the molecule is CC(C)CC1=CCC([C@@H](C)C2OC2O)CC1. The van der Waals surface area contributed by atoms with Gasteiger partial charge in [-0.2, -0.15) is 0 Å². The van der Waals surface area contributed by atoms with Gasteiger partial charge in [-0.05, 0) is 43.4 Å². The van der Waals surface area contributed by atoms with Crippen LogP contribution in [0.4, 0.5) is 0 Å². The summed E-state index contributed by atoms with van der Waals surface area (Å²) in [7, 11) is 0. The van der Waals surface area contributed by atoms with Crippen molar-refractivity contribution in [2.24, 2.45) is 17.8 Å². The molecule has 0 saturated carbocycles. The van der Waals surface area contributed by atoms with Gasteiger partial charge < -0.3 is 9.84 Å². The van der Waals surface area contributed by atoms with E-state index in [4.69, 9.17) is 4.74 Å². The van der Waals surface area contributed by atoms with Crippen LogP contribution in [-0.4, -0.2) is 17.5 Å². The highest BCUT2D eigenvalue weighted by Gasteiger charge is 2.44. The molecule has 1 N–H and O–H groups in total. The van der Waals surface area contributed by atoms with E-state index >= 15 is 0 Å². The maximum Gasteiger partial charge on any atom is 0.182 e. The van der Waals surface area contributed by atoms with Crippen LogP contribution in [0.25, 0.3) is 0 Å². The molecule has 0 spiro atoms. The molecule has 0 aromatic carbocycles. The smallest absolute Gasteiger partial charge is 0.182 e. The minimum absolute atomic E-state index is 0.116. The third kappa shape index (κ3) is 2.86. The summed E-state index contributed by atoms with van der Waals surface area (Å²) in [6.45, 7) is 6.78. The number of hydrogen-bond acceptors (Lipinski definition) is 2. The van der Waals surface area contributed by atoms with E-state index in [9.17, 15) is 5.11 Å². The first-order chi connectivity index (χ1) is 7.58. The van der Waals surface area contributed by atoms with Crippen molar-refractivity contribution in [3.63, 3.8) is 0 Å². The maximum atomic E-state index is 9.26. The second kappa shape index (κ2) is 4.89. The lowest BCUT2D eigenvalue weighted by Gasteiger charge is -2.27. The Balaban J connectivity index is 1.82. The number of ether oxygens (including phenoxy) is 1. The average molecular weight is 224 g/mol. The van der Waals surface area contributed by atoms with Crippen LogP contribution in [-0.2, 0) is 4.74 Å². The molecule has 2 rings (SSSR count). The second-order valence-electron chi connectivity index (χ2n) is 5.85. The molecule has 2 nitrogen and oxygen atoms in total. The average Bonchev–Trinajstić information content (AvgIpc) is 2.95. The standard InChI is InChI=1S/C14H24O2/c1-9(2)8-11-4-6-12(7-5-11)10(3)13-14(15)16-13/h4,9-10,12-15H,5-8H2,1-3H3/t10-,12?,13?,14?/m1/s1. The van der Waals surface area contributed by atoms with Gasteiger partial charge in [-0.15, -0.1) is 0 Å². The first-order valence-electron chi connectivity index (χ1n) is 6.59. The highest BCUT2D eigenvalue weighted by Crippen LogP contribution is 2.39. The molecular formula is C14H24O2. The largest absolute Gasteiger partial charge is 0.366 e. The summed E-state index contributed by atoms with van der Waals surface area (Å²) in [6.07, 6.45) is 7.02. The van der Waals surface area contributed by atoms with Crippen LogP contribution >= 0.6 is 0 Å². The molecule has 0 aromatic rings. The molecule has 1 heterocycles. The molecule has 0 amide bonds. The van der Waals surface area contributed by atoms with Crippen molar-refractivity contribution < 1.29 is 9.84 Å². The lowest BCUT2D eigenvalue weighted by molar-refractivity contribution is 0.155. The van der Waals surface area contributed by atoms with Crippen molar-refractivity contribution in [2.45, 2.75) is 58.8 Å². The van der Waals surface area contributed by atoms with E-state index in [1.807, 2.05) is 0 Å². The van der Waals surface area contributed by atoms with Crippen LogP contribution in [0.3, 0.4) is 0 Å². The molecule has 2 heteroatoms. The molecule has 1 saturated heterocycles. The van der Waals surface area contributed by atoms with Crippen LogP contribution in [0, 0.1) is 17.8 Å². The Morgan fingerprint density at radius 3 is 2.56 bits per heavy atom. The molecule has 0 aromatic heterocycles.